The minimum absolute atomic E-state index is 0. The van der Waals surface area contributed by atoms with Crippen molar-refractivity contribution in [3.05, 3.63) is 58.5 Å². The SMILES string of the molecule is C=CCc1cccc(OC)c1[O][Ti+2][C]1=CC=CC1.[Cl-].[Cl-]. The quantitative estimate of drug-likeness (QED) is 0.424. The van der Waals surface area contributed by atoms with Crippen molar-refractivity contribution in [3.8, 4) is 11.5 Å². The molecular weight excluding hydrogens is 331 g/mol. The molecule has 1 aromatic carbocycles. The summed E-state index contributed by atoms with van der Waals surface area (Å²) in [6.45, 7) is 3.78. The number of hydrogen-bond acceptors (Lipinski definition) is 2. The van der Waals surface area contributed by atoms with E-state index in [-0.39, 0.29) is 24.8 Å². The Balaban J connectivity index is 0.00000180. The maximum atomic E-state index is 6.04. The van der Waals surface area contributed by atoms with Crippen molar-refractivity contribution < 1.29 is 52.4 Å². The van der Waals surface area contributed by atoms with Crippen molar-refractivity contribution in [3.63, 3.8) is 0 Å². The molecule has 1 aromatic rings. The standard InChI is InChI=1S/C10H12O2.C5H5.2ClH.Ti/c1-3-5-8-6-4-7-9(12-2)10(8)11;1-2-4-5-3-1;;;/h3-4,6-7,11H,1,5H2,2H3;1-3H,4H2;2*1H;/q;;;;+3/p-3. The summed E-state index contributed by atoms with van der Waals surface area (Å²) in [6, 6.07) is 5.99. The summed E-state index contributed by atoms with van der Waals surface area (Å²) in [5, 5.41) is 0. The van der Waals surface area contributed by atoms with Gasteiger partial charge in [-0.15, -0.1) is 0 Å². The molecule has 0 atom stereocenters. The summed E-state index contributed by atoms with van der Waals surface area (Å²) < 4.78 is 12.8. The maximum absolute atomic E-state index is 6.04. The monoisotopic (exact) mass is 346 g/mol. The van der Waals surface area contributed by atoms with Gasteiger partial charge in [-0.25, -0.2) is 0 Å². The summed E-state index contributed by atoms with van der Waals surface area (Å²) in [5.74, 6) is 1.69. The molecule has 0 aromatic heterocycles. The third kappa shape index (κ3) is 5.03. The van der Waals surface area contributed by atoms with E-state index in [1.165, 1.54) is 3.88 Å². The average Bonchev–Trinajstić information content (AvgIpc) is 2.90. The van der Waals surface area contributed by atoms with E-state index < -0.39 is 19.5 Å². The molecule has 1 aliphatic carbocycles. The van der Waals surface area contributed by atoms with Crippen LogP contribution in [0.2, 0.25) is 0 Å². The molecule has 0 radical (unpaired) electrons. The summed E-state index contributed by atoms with van der Waals surface area (Å²) in [4.78, 5) is 0. The molecule has 0 saturated carbocycles. The van der Waals surface area contributed by atoms with Gasteiger partial charge in [0.15, 0.2) is 0 Å². The van der Waals surface area contributed by atoms with Crippen LogP contribution in [0.25, 0.3) is 0 Å². The van der Waals surface area contributed by atoms with Crippen LogP contribution in [-0.2, 0) is 26.0 Å². The van der Waals surface area contributed by atoms with Crippen molar-refractivity contribution >= 4 is 0 Å². The zero-order valence-corrected chi connectivity index (χ0v) is 14.3. The molecule has 2 nitrogen and oxygen atoms in total. The van der Waals surface area contributed by atoms with Gasteiger partial charge in [0.25, 0.3) is 0 Å². The van der Waals surface area contributed by atoms with Gasteiger partial charge in [0.05, 0.1) is 0 Å². The Hall–Kier alpha value is -0.666. The van der Waals surface area contributed by atoms with E-state index in [1.807, 2.05) is 18.2 Å². The largest absolute Gasteiger partial charge is 1.00 e. The predicted octanol–water partition coefficient (Wildman–Crippen LogP) is -2.35. The number of para-hydroxylation sites is 1. The average molecular weight is 347 g/mol. The van der Waals surface area contributed by atoms with E-state index in [4.69, 9.17) is 8.06 Å². The van der Waals surface area contributed by atoms with Crippen molar-refractivity contribution in [1.82, 2.24) is 0 Å². The number of halogens is 2. The van der Waals surface area contributed by atoms with Gasteiger partial charge in [-0.05, 0) is 0 Å². The second kappa shape index (κ2) is 10.1. The van der Waals surface area contributed by atoms with E-state index in [0.717, 1.165) is 29.9 Å². The van der Waals surface area contributed by atoms with Crippen LogP contribution in [0.1, 0.15) is 12.0 Å². The molecule has 0 aliphatic heterocycles. The van der Waals surface area contributed by atoms with Crippen LogP contribution in [0.3, 0.4) is 0 Å². The van der Waals surface area contributed by atoms with Crippen molar-refractivity contribution in [2.24, 2.45) is 0 Å². The molecule has 20 heavy (non-hydrogen) atoms. The van der Waals surface area contributed by atoms with E-state index in [0.29, 0.717) is 0 Å². The summed E-state index contributed by atoms with van der Waals surface area (Å²) in [5.41, 5.74) is 1.14. The smallest absolute Gasteiger partial charge is 1.00 e. The molecule has 0 fully saturated rings. The van der Waals surface area contributed by atoms with Gasteiger partial charge in [0.1, 0.15) is 0 Å². The minimum Gasteiger partial charge on any atom is -1.00 e. The topological polar surface area (TPSA) is 18.5 Å². The Bertz CT molecular complexity index is 499. The van der Waals surface area contributed by atoms with E-state index in [9.17, 15) is 0 Å². The molecule has 0 unspecified atom stereocenters. The molecule has 0 amide bonds. The van der Waals surface area contributed by atoms with Crippen LogP contribution in [0.15, 0.2) is 53.0 Å². The van der Waals surface area contributed by atoms with E-state index >= 15 is 0 Å². The number of methoxy groups -OCH3 is 1. The first kappa shape index (κ1) is 19.3. The Morgan fingerprint density at radius 1 is 1.35 bits per heavy atom. The zero-order valence-electron chi connectivity index (χ0n) is 11.2. The van der Waals surface area contributed by atoms with Crippen molar-refractivity contribution in [1.29, 1.82) is 0 Å². The molecule has 0 heterocycles. The maximum Gasteiger partial charge on any atom is -1.00 e. The fourth-order valence-corrected chi connectivity index (χ4v) is 3.09. The zero-order chi connectivity index (χ0) is 12.8. The predicted molar refractivity (Wildman–Crippen MR) is 69.4 cm³/mol. The Morgan fingerprint density at radius 3 is 2.75 bits per heavy atom. The van der Waals surface area contributed by atoms with Gasteiger partial charge in [-0.1, -0.05) is 0 Å². The van der Waals surface area contributed by atoms with Crippen LogP contribution in [0.4, 0.5) is 0 Å². The Kier molecular flexibility index (Phi) is 9.78. The second-order valence-corrected chi connectivity index (χ2v) is 5.61. The first-order valence-electron chi connectivity index (χ1n) is 5.90. The van der Waals surface area contributed by atoms with Gasteiger partial charge >= 0.3 is 118 Å². The van der Waals surface area contributed by atoms with Crippen LogP contribution in [0.5, 0.6) is 11.5 Å². The third-order valence-corrected chi connectivity index (χ3v) is 4.17. The molecule has 5 heteroatoms. The summed E-state index contributed by atoms with van der Waals surface area (Å²) in [6.07, 6.45) is 10.1. The summed E-state index contributed by atoms with van der Waals surface area (Å²) in [7, 11) is 1.68. The molecule has 2 rings (SSSR count). The van der Waals surface area contributed by atoms with Gasteiger partial charge in [-0.2, -0.15) is 0 Å². The molecule has 0 bridgehead atoms. The first-order chi connectivity index (χ1) is 8.85. The van der Waals surface area contributed by atoms with E-state index in [2.05, 4.69) is 30.9 Å². The Morgan fingerprint density at radius 2 is 2.15 bits per heavy atom. The van der Waals surface area contributed by atoms with Gasteiger partial charge in [0.2, 0.25) is 0 Å². The van der Waals surface area contributed by atoms with Gasteiger partial charge in [-0.3, -0.25) is 0 Å². The molecule has 106 valence electrons. The third-order valence-electron chi connectivity index (χ3n) is 2.70. The van der Waals surface area contributed by atoms with Crippen LogP contribution >= 0.6 is 0 Å². The van der Waals surface area contributed by atoms with Crippen molar-refractivity contribution in [2.75, 3.05) is 7.11 Å². The molecule has 0 N–H and O–H groups in total. The fraction of sp³-hybridized carbons (Fsp3) is 0.200. The number of hydrogen-bond donors (Lipinski definition) is 0. The second-order valence-electron chi connectivity index (χ2n) is 3.97. The number of ether oxygens (including phenoxy) is 1. The van der Waals surface area contributed by atoms with Crippen LogP contribution < -0.4 is 32.9 Å². The number of allylic oxidation sites excluding steroid dienone is 5. The Labute approximate surface area is 142 Å². The van der Waals surface area contributed by atoms with Crippen LogP contribution in [-0.4, -0.2) is 7.11 Å². The normalized spacial score (nSPS) is 11.6. The van der Waals surface area contributed by atoms with Gasteiger partial charge in [0, 0.05) is 0 Å². The molecular formula is C15H16Cl2O2Ti. The molecule has 0 saturated heterocycles. The number of benzene rings is 1. The molecule has 0 spiro atoms. The number of rotatable bonds is 6. The van der Waals surface area contributed by atoms with Gasteiger partial charge < -0.3 is 24.8 Å². The fourth-order valence-electron chi connectivity index (χ4n) is 1.79. The molecule has 1 aliphatic rings. The summed E-state index contributed by atoms with van der Waals surface area (Å²) >= 11 is -0.565. The van der Waals surface area contributed by atoms with E-state index in [1.54, 1.807) is 7.11 Å². The van der Waals surface area contributed by atoms with Crippen LogP contribution in [0, 0.1) is 0 Å². The van der Waals surface area contributed by atoms with Crippen molar-refractivity contribution in [2.45, 2.75) is 12.8 Å². The first-order valence-corrected chi connectivity index (χ1v) is 7.32. The minimum atomic E-state index is -0.565.